The molecule has 66 valence electrons. The zero-order valence-electron chi connectivity index (χ0n) is 7.29. The van der Waals surface area contributed by atoms with Crippen molar-refractivity contribution >= 4 is 12.0 Å². The molecular weight excluding hydrogens is 170 g/mol. The molecule has 0 aliphatic rings. The summed E-state index contributed by atoms with van der Waals surface area (Å²) in [6, 6.07) is 0. The first-order valence-corrected chi connectivity index (χ1v) is 4.59. The van der Waals surface area contributed by atoms with E-state index in [1.54, 1.807) is 0 Å². The van der Waals surface area contributed by atoms with Crippen molar-refractivity contribution in [2.75, 3.05) is 32.4 Å². The number of hydrogen-bond acceptors (Lipinski definition) is 2. The van der Waals surface area contributed by atoms with E-state index in [4.69, 9.17) is 17.4 Å². The Morgan fingerprint density at radius 3 is 2.17 bits per heavy atom. The maximum absolute atomic E-state index is 8.57. The first-order valence-electron chi connectivity index (χ1n) is 3.65. The lowest BCUT2D eigenvalue weighted by molar-refractivity contribution is -0.893. The second kappa shape index (κ2) is 5.97. The molecule has 0 heterocycles. The highest BCUT2D eigenvalue weighted by molar-refractivity contribution is 7.93. The second-order valence-corrected chi connectivity index (χ2v) is 3.57. The first-order chi connectivity index (χ1) is 5.68. The van der Waals surface area contributed by atoms with Crippen molar-refractivity contribution in [3.05, 3.63) is 0 Å². The molecule has 3 heteroatoms. The summed E-state index contributed by atoms with van der Waals surface area (Å²) in [6.45, 7) is 2.03. The molecule has 0 unspecified atom stereocenters. The monoisotopic (exact) mass is 184 g/mol. The molecular formula is C9H14NOS+. The van der Waals surface area contributed by atoms with E-state index in [2.05, 4.69) is 11.8 Å². The van der Waals surface area contributed by atoms with Crippen LogP contribution in [0.2, 0.25) is 0 Å². The fourth-order valence-electron chi connectivity index (χ4n) is 0.916. The lowest BCUT2D eigenvalue weighted by Gasteiger charge is -2.29. The summed E-state index contributed by atoms with van der Waals surface area (Å²) in [4.78, 5) is 0. The van der Waals surface area contributed by atoms with E-state index in [0.717, 1.165) is 18.6 Å². The summed E-state index contributed by atoms with van der Waals surface area (Å²) < 4.78 is 9.21. The van der Waals surface area contributed by atoms with E-state index in [0.29, 0.717) is 23.3 Å². The molecule has 0 aromatic heterocycles. The third kappa shape index (κ3) is 4.31. The number of hydrogen-bond donors (Lipinski definition) is 1. The predicted octanol–water partition coefficient (Wildman–Crippen LogP) is 0.906. The van der Waals surface area contributed by atoms with Crippen LogP contribution in [0.3, 0.4) is 0 Å². The van der Waals surface area contributed by atoms with Gasteiger partial charge >= 0.3 is 0 Å². The Kier molecular flexibility index (Phi) is 5.66. The Morgan fingerprint density at radius 2 is 1.83 bits per heavy atom. The SMILES string of the molecule is C#CC[N+](C)(CC#C)CCSO. The van der Waals surface area contributed by atoms with Crippen LogP contribution in [-0.2, 0) is 0 Å². The Balaban J connectivity index is 4.02. The van der Waals surface area contributed by atoms with Gasteiger partial charge in [0.15, 0.2) is 0 Å². The molecule has 0 atom stereocenters. The number of nitrogens with zero attached hydrogens (tertiary/aromatic N) is 1. The first kappa shape index (κ1) is 11.4. The van der Waals surface area contributed by atoms with Crippen LogP contribution in [0.25, 0.3) is 0 Å². The number of terminal acetylenes is 2. The van der Waals surface area contributed by atoms with Crippen LogP contribution < -0.4 is 0 Å². The highest BCUT2D eigenvalue weighted by Crippen LogP contribution is 2.03. The molecule has 0 aliphatic heterocycles. The molecule has 1 N–H and O–H groups in total. The van der Waals surface area contributed by atoms with Crippen molar-refractivity contribution in [3.8, 4) is 24.7 Å². The number of rotatable bonds is 5. The highest BCUT2D eigenvalue weighted by atomic mass is 32.2. The molecule has 0 aromatic rings. The van der Waals surface area contributed by atoms with E-state index in [9.17, 15) is 0 Å². The van der Waals surface area contributed by atoms with Crippen LogP contribution in [0, 0.1) is 24.7 Å². The normalized spacial score (nSPS) is 10.3. The van der Waals surface area contributed by atoms with E-state index in [-0.39, 0.29) is 0 Å². The Bertz CT molecular complexity index is 186. The van der Waals surface area contributed by atoms with Crippen LogP contribution in [0.4, 0.5) is 0 Å². The molecule has 0 radical (unpaired) electrons. The van der Waals surface area contributed by atoms with Crippen molar-refractivity contribution < 1.29 is 9.04 Å². The van der Waals surface area contributed by atoms with Gasteiger partial charge in [-0.2, -0.15) is 0 Å². The van der Waals surface area contributed by atoms with Crippen molar-refractivity contribution in [1.82, 2.24) is 0 Å². The maximum Gasteiger partial charge on any atom is 0.141 e. The summed E-state index contributed by atoms with van der Waals surface area (Å²) in [6.07, 6.45) is 10.4. The minimum atomic E-state index is 0.616. The van der Waals surface area contributed by atoms with Crippen LogP contribution in [0.15, 0.2) is 0 Å². The molecule has 2 nitrogen and oxygen atoms in total. The average molecular weight is 184 g/mol. The van der Waals surface area contributed by atoms with Crippen LogP contribution in [0.1, 0.15) is 0 Å². The average Bonchev–Trinajstić information content (AvgIpc) is 2.02. The summed E-state index contributed by atoms with van der Waals surface area (Å²) in [5.74, 6) is 5.84. The quantitative estimate of drug-likeness (QED) is 0.389. The number of quaternary nitrogens is 1. The largest absolute Gasteiger partial charge is 0.330 e. The third-order valence-corrected chi connectivity index (χ3v) is 2.03. The summed E-state index contributed by atoms with van der Waals surface area (Å²) >= 11 is 0.827. The van der Waals surface area contributed by atoms with Crippen molar-refractivity contribution in [2.45, 2.75) is 0 Å². The zero-order valence-corrected chi connectivity index (χ0v) is 8.10. The molecule has 0 bridgehead atoms. The molecule has 0 amide bonds. The van der Waals surface area contributed by atoms with E-state index >= 15 is 0 Å². The van der Waals surface area contributed by atoms with Gasteiger partial charge < -0.3 is 9.04 Å². The van der Waals surface area contributed by atoms with E-state index < -0.39 is 0 Å². The minimum Gasteiger partial charge on any atom is -0.330 e. The molecule has 0 saturated heterocycles. The fraction of sp³-hybridized carbons (Fsp3) is 0.556. The predicted molar refractivity (Wildman–Crippen MR) is 53.5 cm³/mol. The van der Waals surface area contributed by atoms with Gasteiger partial charge in [-0.15, -0.1) is 12.8 Å². The molecule has 0 saturated carbocycles. The van der Waals surface area contributed by atoms with Gasteiger partial charge in [0.05, 0.1) is 19.3 Å². The summed E-state index contributed by atoms with van der Waals surface area (Å²) in [5, 5.41) is 0. The fourth-order valence-corrected chi connectivity index (χ4v) is 1.44. The highest BCUT2D eigenvalue weighted by Gasteiger charge is 2.17. The summed E-state index contributed by atoms with van der Waals surface area (Å²) in [7, 11) is 2.00. The lowest BCUT2D eigenvalue weighted by atomic mass is 10.4. The summed E-state index contributed by atoms with van der Waals surface area (Å²) in [5.41, 5.74) is 0. The lowest BCUT2D eigenvalue weighted by Crippen LogP contribution is -2.46. The standard InChI is InChI=1S/C9H13NOS/c1-4-6-10(3,7-5-2)8-9-12-11/h1-2H,6-9H2,3H3/p+1. The van der Waals surface area contributed by atoms with Crippen molar-refractivity contribution in [1.29, 1.82) is 0 Å². The van der Waals surface area contributed by atoms with Crippen LogP contribution >= 0.6 is 12.0 Å². The Hall–Kier alpha value is -0.610. The van der Waals surface area contributed by atoms with Crippen molar-refractivity contribution in [2.24, 2.45) is 0 Å². The molecule has 0 aromatic carbocycles. The van der Waals surface area contributed by atoms with Gasteiger partial charge in [-0.05, 0) is 23.9 Å². The maximum atomic E-state index is 8.57. The van der Waals surface area contributed by atoms with Gasteiger partial charge in [0.2, 0.25) is 0 Å². The van der Waals surface area contributed by atoms with Gasteiger partial charge in [-0.3, -0.25) is 0 Å². The third-order valence-electron chi connectivity index (χ3n) is 1.67. The Labute approximate surface area is 78.8 Å². The van der Waals surface area contributed by atoms with Crippen LogP contribution in [0.5, 0.6) is 0 Å². The van der Waals surface area contributed by atoms with Gasteiger partial charge in [0, 0.05) is 0 Å². The van der Waals surface area contributed by atoms with Gasteiger partial charge in [-0.1, -0.05) is 0 Å². The van der Waals surface area contributed by atoms with Crippen LogP contribution in [-0.4, -0.2) is 41.5 Å². The van der Waals surface area contributed by atoms with E-state index in [1.165, 1.54) is 0 Å². The molecule has 0 aliphatic carbocycles. The molecule has 0 spiro atoms. The van der Waals surface area contributed by atoms with Gasteiger partial charge in [0.1, 0.15) is 13.1 Å². The molecule has 0 fully saturated rings. The van der Waals surface area contributed by atoms with Gasteiger partial charge in [0.25, 0.3) is 0 Å². The van der Waals surface area contributed by atoms with E-state index in [1.807, 2.05) is 7.05 Å². The second-order valence-electron chi connectivity index (χ2n) is 2.90. The molecule has 12 heavy (non-hydrogen) atoms. The van der Waals surface area contributed by atoms with Gasteiger partial charge in [-0.25, -0.2) is 0 Å². The minimum absolute atomic E-state index is 0.616. The smallest absolute Gasteiger partial charge is 0.141 e. The Morgan fingerprint density at radius 1 is 1.33 bits per heavy atom. The molecule has 0 rings (SSSR count). The topological polar surface area (TPSA) is 20.2 Å². The zero-order chi connectivity index (χ0) is 9.45. The van der Waals surface area contributed by atoms with Crippen molar-refractivity contribution in [3.63, 3.8) is 0 Å².